The van der Waals surface area contributed by atoms with Crippen molar-refractivity contribution in [2.45, 2.75) is 0 Å². The predicted octanol–water partition coefficient (Wildman–Crippen LogP) is 10.7. The van der Waals surface area contributed by atoms with Gasteiger partial charge in [0, 0.05) is 20.9 Å². The topological polar surface area (TPSA) is 4.93 Å². The number of hydrogen-bond acceptors (Lipinski definition) is 0. The largest absolute Gasteiger partial charge is 0.309 e. The van der Waals surface area contributed by atoms with E-state index < -0.39 is 0 Å². The van der Waals surface area contributed by atoms with Gasteiger partial charge in [-0.15, -0.1) is 0 Å². The quantitative estimate of drug-likeness (QED) is 0.189. The molecule has 2 heteroatoms. The van der Waals surface area contributed by atoms with Gasteiger partial charge in [-0.1, -0.05) is 113 Å². The molecule has 38 heavy (non-hydrogen) atoms. The van der Waals surface area contributed by atoms with Crippen molar-refractivity contribution in [2.75, 3.05) is 0 Å². The lowest BCUT2D eigenvalue weighted by Crippen LogP contribution is -1.94. The Balaban J connectivity index is 1.38. The number of benzene rings is 7. The van der Waals surface area contributed by atoms with Crippen LogP contribution in [0.5, 0.6) is 0 Å². The summed E-state index contributed by atoms with van der Waals surface area (Å²) in [5.41, 5.74) is 6.02. The zero-order valence-corrected chi connectivity index (χ0v) is 22.1. The Morgan fingerprint density at radius 2 is 0.921 bits per heavy atom. The molecule has 1 heterocycles. The van der Waals surface area contributed by atoms with E-state index in [0.717, 1.165) is 10.2 Å². The van der Waals surface area contributed by atoms with Crippen LogP contribution in [0.1, 0.15) is 0 Å². The summed E-state index contributed by atoms with van der Waals surface area (Å²) in [6.07, 6.45) is 0. The van der Waals surface area contributed by atoms with E-state index in [9.17, 15) is 0 Å². The molecule has 0 aliphatic rings. The van der Waals surface area contributed by atoms with Crippen molar-refractivity contribution in [3.63, 3.8) is 0 Å². The van der Waals surface area contributed by atoms with E-state index in [4.69, 9.17) is 0 Å². The first-order chi connectivity index (χ1) is 18.8. The number of aromatic nitrogens is 1. The lowest BCUT2D eigenvalue weighted by Gasteiger charge is -2.13. The molecule has 0 saturated heterocycles. The second-order valence-electron chi connectivity index (χ2n) is 9.92. The maximum absolute atomic E-state index is 3.69. The summed E-state index contributed by atoms with van der Waals surface area (Å²) in [4.78, 5) is 0. The summed E-state index contributed by atoms with van der Waals surface area (Å²) < 4.78 is 3.46. The Morgan fingerprint density at radius 3 is 1.66 bits per heavy atom. The fourth-order valence-electron chi connectivity index (χ4n) is 6.13. The van der Waals surface area contributed by atoms with Crippen molar-refractivity contribution in [2.24, 2.45) is 0 Å². The van der Waals surface area contributed by atoms with Gasteiger partial charge in [-0.25, -0.2) is 0 Å². The molecule has 0 spiro atoms. The molecule has 0 N–H and O–H groups in total. The lowest BCUT2D eigenvalue weighted by atomic mass is 9.92. The van der Waals surface area contributed by atoms with Crippen LogP contribution in [0.25, 0.3) is 70.9 Å². The van der Waals surface area contributed by atoms with Crippen molar-refractivity contribution in [1.82, 2.24) is 4.57 Å². The fourth-order valence-corrected chi connectivity index (χ4v) is 6.48. The monoisotopic (exact) mass is 547 g/mol. The number of para-hydroxylation sites is 1. The number of halogens is 1. The second kappa shape index (κ2) is 8.31. The summed E-state index contributed by atoms with van der Waals surface area (Å²) >= 11 is 3.69. The minimum Gasteiger partial charge on any atom is -0.309 e. The van der Waals surface area contributed by atoms with Gasteiger partial charge in [-0.3, -0.25) is 0 Å². The Morgan fingerprint density at radius 1 is 0.368 bits per heavy atom. The third-order valence-electron chi connectivity index (χ3n) is 7.82. The Labute approximate surface area is 228 Å². The highest BCUT2D eigenvalue weighted by atomic mass is 79.9. The van der Waals surface area contributed by atoms with Crippen LogP contribution in [-0.2, 0) is 0 Å². The SMILES string of the molecule is Brc1ccc2c3ccccc3n(-c3cccc(-c4ccc5c6ccccc6c6ccccc6c5c4)c3)c2c1. The van der Waals surface area contributed by atoms with Crippen LogP contribution in [0.4, 0.5) is 0 Å². The lowest BCUT2D eigenvalue weighted by molar-refractivity contribution is 1.18. The molecule has 0 saturated carbocycles. The van der Waals surface area contributed by atoms with Crippen LogP contribution in [0.15, 0.2) is 138 Å². The normalized spacial score (nSPS) is 11.8. The summed E-state index contributed by atoms with van der Waals surface area (Å²) in [6, 6.07) is 48.6. The van der Waals surface area contributed by atoms with E-state index in [2.05, 4.69) is 154 Å². The maximum atomic E-state index is 3.69. The smallest absolute Gasteiger partial charge is 0.0552 e. The van der Waals surface area contributed by atoms with E-state index >= 15 is 0 Å². The highest BCUT2D eigenvalue weighted by Gasteiger charge is 2.14. The summed E-state index contributed by atoms with van der Waals surface area (Å²) in [7, 11) is 0. The first-order valence-electron chi connectivity index (χ1n) is 12.9. The van der Waals surface area contributed by atoms with Gasteiger partial charge in [0.1, 0.15) is 0 Å². The van der Waals surface area contributed by atoms with Crippen LogP contribution >= 0.6 is 15.9 Å². The van der Waals surface area contributed by atoms with Gasteiger partial charge in [-0.05, 0) is 79.8 Å². The molecular formula is C36H22BrN. The van der Waals surface area contributed by atoms with Gasteiger partial charge in [0.2, 0.25) is 0 Å². The zero-order chi connectivity index (χ0) is 25.2. The van der Waals surface area contributed by atoms with E-state index in [-0.39, 0.29) is 0 Å². The van der Waals surface area contributed by atoms with Crippen molar-refractivity contribution in [3.8, 4) is 16.8 Å². The van der Waals surface area contributed by atoms with Crippen molar-refractivity contribution >= 4 is 70.1 Å². The van der Waals surface area contributed by atoms with Gasteiger partial charge in [-0.2, -0.15) is 0 Å². The van der Waals surface area contributed by atoms with Crippen molar-refractivity contribution < 1.29 is 0 Å². The Bertz CT molecular complexity index is 2170. The first-order valence-corrected chi connectivity index (χ1v) is 13.7. The minimum atomic E-state index is 1.08. The van der Waals surface area contributed by atoms with Gasteiger partial charge in [0.05, 0.1) is 11.0 Å². The van der Waals surface area contributed by atoms with Crippen molar-refractivity contribution in [1.29, 1.82) is 0 Å². The van der Waals surface area contributed by atoms with Crippen LogP contribution in [0.2, 0.25) is 0 Å². The highest BCUT2D eigenvalue weighted by molar-refractivity contribution is 9.10. The Hall–Kier alpha value is -4.40. The highest BCUT2D eigenvalue weighted by Crippen LogP contribution is 2.38. The molecule has 0 bridgehead atoms. The fraction of sp³-hybridized carbons (Fsp3) is 0. The van der Waals surface area contributed by atoms with Gasteiger partial charge in [0.15, 0.2) is 0 Å². The minimum absolute atomic E-state index is 1.08. The van der Waals surface area contributed by atoms with Crippen LogP contribution in [-0.4, -0.2) is 4.57 Å². The molecule has 0 aliphatic carbocycles. The molecule has 0 aliphatic heterocycles. The molecule has 0 unspecified atom stereocenters. The molecule has 8 aromatic rings. The van der Waals surface area contributed by atoms with Crippen molar-refractivity contribution in [3.05, 3.63) is 138 Å². The average Bonchev–Trinajstić information content (AvgIpc) is 3.30. The summed E-state index contributed by atoms with van der Waals surface area (Å²) in [5, 5.41) is 10.3. The molecule has 1 nitrogen and oxygen atoms in total. The molecule has 7 aromatic carbocycles. The van der Waals surface area contributed by atoms with Crippen LogP contribution in [0, 0.1) is 0 Å². The molecule has 178 valence electrons. The van der Waals surface area contributed by atoms with E-state index in [1.54, 1.807) is 0 Å². The molecule has 0 atom stereocenters. The number of fused-ring (bicyclic) bond motifs is 9. The molecule has 8 rings (SSSR count). The molecule has 0 radical (unpaired) electrons. The maximum Gasteiger partial charge on any atom is 0.0552 e. The second-order valence-corrected chi connectivity index (χ2v) is 10.8. The predicted molar refractivity (Wildman–Crippen MR) is 166 cm³/mol. The third kappa shape index (κ3) is 3.17. The van der Waals surface area contributed by atoms with E-state index in [1.165, 1.54) is 65.3 Å². The molecular weight excluding hydrogens is 526 g/mol. The standard InChI is InChI=1S/C36H22BrN/c37-25-17-19-33-32-14-5-6-15-35(32)38(36(33)22-25)26-9-7-8-23(20-26)24-16-18-31-29-12-2-1-10-27(29)28-11-3-4-13-30(28)34(31)21-24/h1-22H. The van der Waals surface area contributed by atoms with Gasteiger partial charge < -0.3 is 4.57 Å². The molecule has 1 aromatic heterocycles. The summed E-state index contributed by atoms with van der Waals surface area (Å²) in [5.74, 6) is 0. The van der Waals surface area contributed by atoms with Gasteiger partial charge >= 0.3 is 0 Å². The van der Waals surface area contributed by atoms with E-state index in [1.807, 2.05) is 0 Å². The Kier molecular flexibility index (Phi) is 4.74. The number of hydrogen-bond donors (Lipinski definition) is 0. The zero-order valence-electron chi connectivity index (χ0n) is 20.5. The van der Waals surface area contributed by atoms with Crippen LogP contribution in [0.3, 0.4) is 0 Å². The molecule has 0 amide bonds. The average molecular weight is 548 g/mol. The van der Waals surface area contributed by atoms with Gasteiger partial charge in [0.25, 0.3) is 0 Å². The third-order valence-corrected chi connectivity index (χ3v) is 8.31. The number of nitrogens with zero attached hydrogens (tertiary/aromatic N) is 1. The van der Waals surface area contributed by atoms with Crippen LogP contribution < -0.4 is 0 Å². The first kappa shape index (κ1) is 21.7. The van der Waals surface area contributed by atoms with E-state index in [0.29, 0.717) is 0 Å². The summed E-state index contributed by atoms with van der Waals surface area (Å²) in [6.45, 7) is 0. The number of rotatable bonds is 2. The molecule has 0 fully saturated rings.